The lowest BCUT2D eigenvalue weighted by Gasteiger charge is -2.09. The van der Waals surface area contributed by atoms with Crippen LogP contribution >= 0.6 is 15.9 Å². The van der Waals surface area contributed by atoms with E-state index in [2.05, 4.69) is 31.7 Å². The Morgan fingerprint density at radius 3 is 2.76 bits per heavy atom. The first-order valence-corrected chi connectivity index (χ1v) is 8.48. The second-order valence-electron chi connectivity index (χ2n) is 5.59. The molecule has 0 saturated heterocycles. The van der Waals surface area contributed by atoms with Crippen LogP contribution in [0.3, 0.4) is 0 Å². The molecule has 7 heteroatoms. The number of nitrogens with one attached hydrogen (secondary N) is 2. The first-order chi connectivity index (χ1) is 12.0. The van der Waals surface area contributed by atoms with E-state index in [-0.39, 0.29) is 24.8 Å². The number of hydrogen-bond acceptors (Lipinski definition) is 4. The highest BCUT2D eigenvalue weighted by Gasteiger charge is 2.13. The Kier molecular flexibility index (Phi) is 5.14. The average molecular weight is 402 g/mol. The number of hydrogen-bond donors (Lipinski definition) is 2. The van der Waals surface area contributed by atoms with Crippen molar-refractivity contribution in [1.29, 1.82) is 0 Å². The number of nitrogens with zero attached hydrogens (tertiary/aromatic N) is 1. The van der Waals surface area contributed by atoms with E-state index in [0.29, 0.717) is 17.0 Å². The molecule has 0 spiro atoms. The molecule has 0 aliphatic carbocycles. The number of carbonyl (C=O) groups excluding carboxylic acids is 2. The van der Waals surface area contributed by atoms with Gasteiger partial charge in [-0.05, 0) is 42.8 Å². The predicted octanol–water partition coefficient (Wildman–Crippen LogP) is 3.20. The Morgan fingerprint density at radius 2 is 1.96 bits per heavy atom. The van der Waals surface area contributed by atoms with Crippen LogP contribution in [0.2, 0.25) is 0 Å². The number of carbonyl (C=O) groups is 2. The summed E-state index contributed by atoms with van der Waals surface area (Å²) in [4.78, 5) is 24.0. The number of rotatable bonds is 5. The van der Waals surface area contributed by atoms with Gasteiger partial charge >= 0.3 is 0 Å². The Labute approximate surface area is 152 Å². The molecule has 2 N–H and O–H groups in total. The summed E-state index contributed by atoms with van der Waals surface area (Å²) in [7, 11) is 0. The van der Waals surface area contributed by atoms with Crippen molar-refractivity contribution in [3.05, 3.63) is 58.2 Å². The van der Waals surface area contributed by atoms with Crippen LogP contribution in [0, 0.1) is 6.92 Å². The van der Waals surface area contributed by atoms with Crippen molar-refractivity contribution in [3.8, 4) is 0 Å². The van der Waals surface area contributed by atoms with E-state index >= 15 is 0 Å². The molecular formula is C18H16BrN3O3. The second-order valence-corrected chi connectivity index (χ2v) is 6.50. The molecule has 0 radical (unpaired) electrons. The predicted molar refractivity (Wildman–Crippen MR) is 98.2 cm³/mol. The fourth-order valence-electron chi connectivity index (χ4n) is 2.42. The van der Waals surface area contributed by atoms with Crippen molar-refractivity contribution in [2.24, 2.45) is 0 Å². The van der Waals surface area contributed by atoms with Crippen LogP contribution in [0.5, 0.6) is 0 Å². The molecule has 3 rings (SSSR count). The molecule has 6 nitrogen and oxygen atoms in total. The molecule has 0 unspecified atom stereocenters. The number of amides is 2. The van der Waals surface area contributed by atoms with Crippen LogP contribution in [0.15, 0.2) is 51.5 Å². The van der Waals surface area contributed by atoms with Gasteiger partial charge in [0.15, 0.2) is 5.58 Å². The summed E-state index contributed by atoms with van der Waals surface area (Å²) in [5, 5.41) is 10.1. The summed E-state index contributed by atoms with van der Waals surface area (Å²) in [6.45, 7) is 1.79. The van der Waals surface area contributed by atoms with E-state index < -0.39 is 0 Å². The maximum atomic E-state index is 12.0. The minimum atomic E-state index is -0.290. The van der Waals surface area contributed by atoms with Gasteiger partial charge in [-0.1, -0.05) is 33.2 Å². The molecule has 1 heterocycles. The van der Waals surface area contributed by atoms with Gasteiger partial charge in [0.2, 0.25) is 11.8 Å². The topological polar surface area (TPSA) is 84.2 Å². The Hall–Kier alpha value is -2.67. The second kappa shape index (κ2) is 7.48. The summed E-state index contributed by atoms with van der Waals surface area (Å²) in [6.07, 6.45) is 0.0571. The number of para-hydroxylation sites is 1. The third kappa shape index (κ3) is 4.24. The molecule has 0 aliphatic rings. The van der Waals surface area contributed by atoms with Crippen LogP contribution in [-0.2, 0) is 16.0 Å². The molecule has 0 saturated carbocycles. The van der Waals surface area contributed by atoms with Crippen LogP contribution < -0.4 is 10.6 Å². The normalized spacial score (nSPS) is 10.6. The van der Waals surface area contributed by atoms with Gasteiger partial charge in [0.05, 0.1) is 13.0 Å². The number of fused-ring (bicyclic) bond motifs is 1. The van der Waals surface area contributed by atoms with Gasteiger partial charge in [-0.15, -0.1) is 0 Å². The average Bonchev–Trinajstić information content (AvgIpc) is 2.99. The van der Waals surface area contributed by atoms with Gasteiger partial charge in [0.25, 0.3) is 0 Å². The molecule has 25 heavy (non-hydrogen) atoms. The first kappa shape index (κ1) is 17.2. The molecule has 0 fully saturated rings. The maximum Gasteiger partial charge on any atom is 0.243 e. The standard InChI is InChI=1S/C18H16BrN3O3/c1-11-8-12(19)6-7-14(11)21-18(24)10-20-17(23)9-15-13-4-2-3-5-16(13)25-22-15/h2-8H,9-10H2,1H3,(H,20,23)(H,21,24). The fraction of sp³-hybridized carbons (Fsp3) is 0.167. The third-order valence-electron chi connectivity index (χ3n) is 3.69. The zero-order valence-corrected chi connectivity index (χ0v) is 15.1. The lowest BCUT2D eigenvalue weighted by Crippen LogP contribution is -2.34. The van der Waals surface area contributed by atoms with Crippen LogP contribution in [0.25, 0.3) is 11.0 Å². The van der Waals surface area contributed by atoms with E-state index in [1.807, 2.05) is 37.3 Å². The molecule has 2 aromatic carbocycles. The van der Waals surface area contributed by atoms with Crippen molar-refractivity contribution < 1.29 is 14.1 Å². The number of aromatic nitrogens is 1. The molecule has 3 aromatic rings. The van der Waals surface area contributed by atoms with Gasteiger partial charge in [0.1, 0.15) is 5.69 Å². The van der Waals surface area contributed by atoms with Crippen molar-refractivity contribution in [3.63, 3.8) is 0 Å². The number of halogens is 1. The highest BCUT2D eigenvalue weighted by atomic mass is 79.9. The SMILES string of the molecule is Cc1cc(Br)ccc1NC(=O)CNC(=O)Cc1noc2ccccc12. The molecule has 0 aliphatic heterocycles. The smallest absolute Gasteiger partial charge is 0.243 e. The first-order valence-electron chi connectivity index (χ1n) is 7.69. The lowest BCUT2D eigenvalue weighted by atomic mass is 10.1. The van der Waals surface area contributed by atoms with Gasteiger partial charge in [0, 0.05) is 15.5 Å². The van der Waals surface area contributed by atoms with E-state index in [4.69, 9.17) is 4.52 Å². The van der Waals surface area contributed by atoms with Gasteiger partial charge in [-0.25, -0.2) is 0 Å². The van der Waals surface area contributed by atoms with E-state index in [1.165, 1.54) is 0 Å². The monoisotopic (exact) mass is 401 g/mol. The maximum absolute atomic E-state index is 12.0. The van der Waals surface area contributed by atoms with Gasteiger partial charge < -0.3 is 15.2 Å². The minimum Gasteiger partial charge on any atom is -0.356 e. The fourth-order valence-corrected chi connectivity index (χ4v) is 2.90. The van der Waals surface area contributed by atoms with E-state index in [9.17, 15) is 9.59 Å². The number of anilines is 1. The Balaban J connectivity index is 1.54. The summed E-state index contributed by atoms with van der Waals surface area (Å²) >= 11 is 3.37. The largest absolute Gasteiger partial charge is 0.356 e. The minimum absolute atomic E-state index is 0.0571. The van der Waals surface area contributed by atoms with Crippen LogP contribution in [-0.4, -0.2) is 23.5 Å². The lowest BCUT2D eigenvalue weighted by molar-refractivity contribution is -0.123. The summed E-state index contributed by atoms with van der Waals surface area (Å²) < 4.78 is 6.11. The number of aryl methyl sites for hydroxylation is 1. The summed E-state index contributed by atoms with van der Waals surface area (Å²) in [5.41, 5.74) is 2.83. The molecular weight excluding hydrogens is 386 g/mol. The zero-order valence-electron chi connectivity index (χ0n) is 13.5. The molecule has 0 bridgehead atoms. The van der Waals surface area contributed by atoms with E-state index in [0.717, 1.165) is 15.4 Å². The van der Waals surface area contributed by atoms with Crippen molar-refractivity contribution in [2.75, 3.05) is 11.9 Å². The van der Waals surface area contributed by atoms with Crippen molar-refractivity contribution in [2.45, 2.75) is 13.3 Å². The zero-order chi connectivity index (χ0) is 17.8. The van der Waals surface area contributed by atoms with Crippen molar-refractivity contribution >= 4 is 44.4 Å². The molecule has 0 atom stereocenters. The third-order valence-corrected chi connectivity index (χ3v) is 4.18. The highest BCUT2D eigenvalue weighted by Crippen LogP contribution is 2.20. The molecule has 1 aromatic heterocycles. The summed E-state index contributed by atoms with van der Waals surface area (Å²) in [5.74, 6) is -0.578. The van der Waals surface area contributed by atoms with Gasteiger partial charge in [-0.2, -0.15) is 0 Å². The quantitative estimate of drug-likeness (QED) is 0.687. The molecule has 128 valence electrons. The van der Waals surface area contributed by atoms with Gasteiger partial charge in [-0.3, -0.25) is 9.59 Å². The van der Waals surface area contributed by atoms with Crippen molar-refractivity contribution in [1.82, 2.24) is 10.5 Å². The van der Waals surface area contributed by atoms with Crippen LogP contribution in [0.1, 0.15) is 11.3 Å². The Bertz CT molecular complexity index is 936. The van der Waals surface area contributed by atoms with E-state index in [1.54, 1.807) is 12.1 Å². The number of benzene rings is 2. The van der Waals surface area contributed by atoms with Crippen LogP contribution in [0.4, 0.5) is 5.69 Å². The Morgan fingerprint density at radius 1 is 1.16 bits per heavy atom. The molecule has 2 amide bonds. The summed E-state index contributed by atoms with van der Waals surface area (Å²) in [6, 6.07) is 12.9. The highest BCUT2D eigenvalue weighted by molar-refractivity contribution is 9.10.